The third-order valence-electron chi connectivity index (χ3n) is 3.01. The Morgan fingerprint density at radius 3 is 2.34 bits per heavy atom. The van der Waals surface area contributed by atoms with Crippen molar-refractivity contribution >= 4 is 56.0 Å². The Labute approximate surface area is 187 Å². The fourth-order valence-electron chi connectivity index (χ4n) is 1.94. The Balaban J connectivity index is 0.000000818. The number of carbonyl (C=O) groups excluding carboxylic acids is 2. The van der Waals surface area contributed by atoms with E-state index in [2.05, 4.69) is 9.08 Å². The molecule has 0 spiro atoms. The maximum atomic E-state index is 12.2. The number of thiophene rings is 2. The van der Waals surface area contributed by atoms with Crippen LogP contribution in [-0.4, -0.2) is 28.3 Å². The van der Waals surface area contributed by atoms with E-state index >= 15 is 0 Å². The second-order valence-corrected chi connectivity index (χ2v) is 10.4. The predicted octanol–water partition coefficient (Wildman–Crippen LogP) is 4.75. The van der Waals surface area contributed by atoms with Crippen LogP contribution in [0.15, 0.2) is 38.7 Å². The third-order valence-corrected chi connectivity index (χ3v) is 6.07. The van der Waals surface area contributed by atoms with E-state index in [-0.39, 0.29) is 12.3 Å². The molecular weight excluding hydrogens is 450 g/mol. The number of carbonyl (C=O) groups is 2. The summed E-state index contributed by atoms with van der Waals surface area (Å²) in [6, 6.07) is 4.71. The van der Waals surface area contributed by atoms with Crippen LogP contribution < -0.4 is 10.5 Å². The largest absolute Gasteiger partial charge is 0.320 e. The van der Waals surface area contributed by atoms with Crippen LogP contribution in [0.4, 0.5) is 0 Å². The van der Waals surface area contributed by atoms with Crippen LogP contribution in [0, 0.1) is 5.92 Å². The molecular formula is C19H30ClN3O3S3. The van der Waals surface area contributed by atoms with Crippen LogP contribution in [0.1, 0.15) is 39.0 Å². The molecule has 2 heterocycles. The van der Waals surface area contributed by atoms with Crippen molar-refractivity contribution in [2.45, 2.75) is 46.6 Å². The van der Waals surface area contributed by atoms with Crippen LogP contribution in [-0.2, 0) is 25.9 Å². The van der Waals surface area contributed by atoms with Gasteiger partial charge in [0.2, 0.25) is 5.91 Å². The number of nitrogens with two attached hydrogens (primary N) is 1. The standard InChI is InChI=1S/C13H21N3O3S2.C4H3ClS.C2H6/c1-9(2)7-11(14)13(18)16-21(3,19)15-12(17)8-10-5-4-6-20-10;5-4-1-2-6-3-4;1-2/h4-6,9,11H,7-8,14H2,1-3H3,(H,15,16,17,18,19);1-3H;1-2H3/t11-,21?;;/m0../s1. The van der Waals surface area contributed by atoms with Crippen molar-refractivity contribution in [3.63, 3.8) is 0 Å². The maximum Gasteiger partial charge on any atom is 0.272 e. The van der Waals surface area contributed by atoms with E-state index in [9.17, 15) is 13.8 Å². The molecule has 2 atom stereocenters. The number of halogens is 1. The van der Waals surface area contributed by atoms with Crippen molar-refractivity contribution < 1.29 is 13.8 Å². The van der Waals surface area contributed by atoms with Gasteiger partial charge in [-0.1, -0.05) is 45.4 Å². The van der Waals surface area contributed by atoms with Gasteiger partial charge in [0.25, 0.3) is 5.91 Å². The predicted molar refractivity (Wildman–Crippen MR) is 126 cm³/mol. The van der Waals surface area contributed by atoms with Gasteiger partial charge in [0.1, 0.15) is 9.92 Å². The first kappa shape index (κ1) is 27.7. The number of nitrogens with one attached hydrogen (secondary N) is 1. The highest BCUT2D eigenvalue weighted by atomic mass is 35.5. The van der Waals surface area contributed by atoms with E-state index in [1.807, 2.05) is 62.0 Å². The highest BCUT2D eigenvalue weighted by Crippen LogP contribution is 2.11. The zero-order chi connectivity index (χ0) is 22.4. The highest BCUT2D eigenvalue weighted by Gasteiger charge is 2.17. The molecule has 2 aromatic rings. The van der Waals surface area contributed by atoms with E-state index in [1.165, 1.54) is 17.6 Å². The minimum atomic E-state index is -3.11. The van der Waals surface area contributed by atoms with Gasteiger partial charge in [-0.25, -0.2) is 4.21 Å². The van der Waals surface area contributed by atoms with E-state index in [1.54, 1.807) is 11.3 Å². The number of hydrogen-bond donors (Lipinski definition) is 2. The number of nitrogens with zero attached hydrogens (tertiary/aromatic N) is 1. The van der Waals surface area contributed by atoms with Crippen LogP contribution >= 0.6 is 34.3 Å². The van der Waals surface area contributed by atoms with Crippen LogP contribution in [0.25, 0.3) is 0 Å². The van der Waals surface area contributed by atoms with Gasteiger partial charge in [0.05, 0.1) is 17.5 Å². The molecule has 0 radical (unpaired) electrons. The second-order valence-electron chi connectivity index (χ2n) is 6.19. The van der Waals surface area contributed by atoms with Crippen molar-refractivity contribution in [3.8, 4) is 0 Å². The Hall–Kier alpha value is -1.26. The van der Waals surface area contributed by atoms with Gasteiger partial charge in [-0.2, -0.15) is 11.3 Å². The molecule has 0 aromatic carbocycles. The highest BCUT2D eigenvalue weighted by molar-refractivity contribution is 7.91. The van der Waals surface area contributed by atoms with Gasteiger partial charge < -0.3 is 5.73 Å². The van der Waals surface area contributed by atoms with Gasteiger partial charge in [-0.15, -0.1) is 15.7 Å². The molecule has 2 amide bonds. The lowest BCUT2D eigenvalue weighted by molar-refractivity contribution is -0.119. The molecule has 164 valence electrons. The average molecular weight is 480 g/mol. The first-order valence-electron chi connectivity index (χ1n) is 9.11. The molecule has 0 saturated carbocycles. The molecule has 29 heavy (non-hydrogen) atoms. The summed E-state index contributed by atoms with van der Waals surface area (Å²) in [5, 5.41) is 6.52. The Morgan fingerprint density at radius 2 is 1.93 bits per heavy atom. The summed E-state index contributed by atoms with van der Waals surface area (Å²) in [6.07, 6.45) is 1.80. The first-order chi connectivity index (χ1) is 13.6. The fraction of sp³-hybridized carbons (Fsp3) is 0.474. The van der Waals surface area contributed by atoms with Crippen molar-refractivity contribution in [2.24, 2.45) is 16.0 Å². The molecule has 10 heteroatoms. The summed E-state index contributed by atoms with van der Waals surface area (Å²) < 4.78 is 18.0. The lowest BCUT2D eigenvalue weighted by Crippen LogP contribution is -2.35. The van der Waals surface area contributed by atoms with Gasteiger partial charge in [-0.05, 0) is 35.2 Å². The Kier molecular flexibility index (Phi) is 14.0. The van der Waals surface area contributed by atoms with Crippen molar-refractivity contribution in [1.82, 2.24) is 4.72 Å². The Morgan fingerprint density at radius 1 is 1.28 bits per heavy atom. The average Bonchev–Trinajstić information content (AvgIpc) is 3.29. The summed E-state index contributed by atoms with van der Waals surface area (Å²) >= 11 is 8.51. The molecule has 2 aromatic heterocycles. The normalized spacial score (nSPS) is 13.1. The quantitative estimate of drug-likeness (QED) is 0.624. The lowest BCUT2D eigenvalue weighted by Gasteiger charge is -2.11. The van der Waals surface area contributed by atoms with Gasteiger partial charge in [0.15, 0.2) is 0 Å². The molecule has 3 N–H and O–H groups in total. The third kappa shape index (κ3) is 13.6. The van der Waals surface area contributed by atoms with Crippen molar-refractivity contribution in [3.05, 3.63) is 44.2 Å². The monoisotopic (exact) mass is 479 g/mol. The number of hydrogen-bond acceptors (Lipinski definition) is 6. The van der Waals surface area contributed by atoms with E-state index in [4.69, 9.17) is 17.3 Å². The topological polar surface area (TPSA) is 102 Å². The van der Waals surface area contributed by atoms with Crippen LogP contribution in [0.3, 0.4) is 0 Å². The zero-order valence-electron chi connectivity index (χ0n) is 17.4. The minimum Gasteiger partial charge on any atom is -0.320 e. The molecule has 0 fully saturated rings. The van der Waals surface area contributed by atoms with Crippen molar-refractivity contribution in [1.29, 1.82) is 0 Å². The zero-order valence-corrected chi connectivity index (χ0v) is 20.6. The summed E-state index contributed by atoms with van der Waals surface area (Å²) in [6.45, 7) is 7.86. The first-order valence-corrected chi connectivity index (χ1v) is 13.2. The molecule has 0 aliphatic carbocycles. The summed E-state index contributed by atoms with van der Waals surface area (Å²) in [7, 11) is -3.11. The molecule has 6 nitrogen and oxygen atoms in total. The summed E-state index contributed by atoms with van der Waals surface area (Å²) in [4.78, 5) is 24.4. The molecule has 0 bridgehead atoms. The molecule has 2 rings (SSSR count). The van der Waals surface area contributed by atoms with Gasteiger partial charge in [0, 0.05) is 16.5 Å². The molecule has 0 aliphatic rings. The molecule has 0 aliphatic heterocycles. The smallest absolute Gasteiger partial charge is 0.272 e. The van der Waals surface area contributed by atoms with Gasteiger partial charge in [-0.3, -0.25) is 14.3 Å². The number of amides is 2. The minimum absolute atomic E-state index is 0.115. The van der Waals surface area contributed by atoms with Gasteiger partial charge >= 0.3 is 0 Å². The molecule has 1 unspecified atom stereocenters. The lowest BCUT2D eigenvalue weighted by atomic mass is 10.0. The summed E-state index contributed by atoms with van der Waals surface area (Å²) in [5.74, 6) is -0.841. The Bertz CT molecular complexity index is 828. The maximum absolute atomic E-state index is 12.2. The summed E-state index contributed by atoms with van der Waals surface area (Å²) in [5.41, 5.74) is 5.69. The van der Waals surface area contributed by atoms with E-state index in [0.717, 1.165) is 9.90 Å². The second kappa shape index (κ2) is 14.7. The van der Waals surface area contributed by atoms with Crippen molar-refractivity contribution in [2.75, 3.05) is 6.26 Å². The van der Waals surface area contributed by atoms with E-state index < -0.39 is 27.8 Å². The van der Waals surface area contributed by atoms with Crippen LogP contribution in [0.2, 0.25) is 5.02 Å². The number of rotatable bonds is 6. The molecule has 0 saturated heterocycles. The fourth-order valence-corrected chi connectivity index (χ4v) is 4.46. The van der Waals surface area contributed by atoms with E-state index in [0.29, 0.717) is 6.42 Å². The van der Waals surface area contributed by atoms with Crippen LogP contribution in [0.5, 0.6) is 0 Å². The SMILES string of the molecule is CC.CC(C)C[C@H](N)C(=O)N=S(C)(=O)NC(=O)Cc1cccs1.Clc1ccsc1.